The summed E-state index contributed by atoms with van der Waals surface area (Å²) in [4.78, 5) is 18.8. The van der Waals surface area contributed by atoms with Gasteiger partial charge >= 0.3 is 0 Å². The fourth-order valence-electron chi connectivity index (χ4n) is 3.36. The number of carbonyl (C=O) groups excluding carboxylic acids is 1. The van der Waals surface area contributed by atoms with Crippen LogP contribution in [0.5, 0.6) is 0 Å². The highest BCUT2D eigenvalue weighted by molar-refractivity contribution is 5.92. The molecule has 0 atom stereocenters. The van der Waals surface area contributed by atoms with Crippen molar-refractivity contribution in [2.75, 3.05) is 13.6 Å². The summed E-state index contributed by atoms with van der Waals surface area (Å²) < 4.78 is 7.47. The van der Waals surface area contributed by atoms with Gasteiger partial charge in [-0.05, 0) is 19.3 Å². The van der Waals surface area contributed by atoms with E-state index in [1.807, 2.05) is 6.20 Å². The van der Waals surface area contributed by atoms with Crippen molar-refractivity contribution in [1.29, 1.82) is 0 Å². The molecule has 1 aliphatic carbocycles. The average Bonchev–Trinajstić information content (AvgIpc) is 3.18. The zero-order chi connectivity index (χ0) is 15.8. The van der Waals surface area contributed by atoms with Gasteiger partial charge in [0.25, 0.3) is 5.91 Å². The molecule has 7 nitrogen and oxygen atoms in total. The van der Waals surface area contributed by atoms with Crippen molar-refractivity contribution in [2.45, 2.75) is 45.3 Å². The normalized spacial score (nSPS) is 16.7. The minimum absolute atomic E-state index is 0.0699. The Morgan fingerprint density at radius 2 is 2.30 bits per heavy atom. The van der Waals surface area contributed by atoms with Gasteiger partial charge in [0.1, 0.15) is 23.0 Å². The third kappa shape index (κ3) is 2.65. The molecule has 7 heteroatoms. The summed E-state index contributed by atoms with van der Waals surface area (Å²) >= 11 is 0. The molecule has 1 N–H and O–H groups in total. The van der Waals surface area contributed by atoms with Crippen LogP contribution in [-0.4, -0.2) is 39.1 Å². The maximum atomic E-state index is 12.6. The Morgan fingerprint density at radius 3 is 3.17 bits per heavy atom. The topological polar surface area (TPSA) is 76.2 Å². The zero-order valence-corrected chi connectivity index (χ0v) is 13.3. The van der Waals surface area contributed by atoms with E-state index < -0.39 is 0 Å². The quantitative estimate of drug-likeness (QED) is 0.919. The number of hydrogen-bond acceptors (Lipinski definition) is 5. The molecule has 3 heterocycles. The Balaban J connectivity index is 1.50. The first kappa shape index (κ1) is 14.4. The average molecular weight is 315 g/mol. The van der Waals surface area contributed by atoms with Crippen molar-refractivity contribution in [3.05, 3.63) is 34.7 Å². The Bertz CT molecular complexity index is 709. The largest absolute Gasteiger partial charge is 0.361 e. The van der Waals surface area contributed by atoms with Crippen LogP contribution in [0, 0.1) is 0 Å². The van der Waals surface area contributed by atoms with E-state index in [9.17, 15) is 4.79 Å². The van der Waals surface area contributed by atoms with E-state index in [2.05, 4.69) is 20.0 Å². The fraction of sp³-hybridized carbons (Fsp3) is 0.562. The Morgan fingerprint density at radius 1 is 1.43 bits per heavy atom. The number of aryl methyl sites for hydroxylation is 1. The lowest BCUT2D eigenvalue weighted by molar-refractivity contribution is 0.0776. The Labute approximate surface area is 134 Å². The number of fused-ring (bicyclic) bond motifs is 2. The minimum atomic E-state index is -0.0699. The number of nitrogens with one attached hydrogen (secondary N) is 1. The number of carbonyl (C=O) groups is 1. The highest BCUT2D eigenvalue weighted by Crippen LogP contribution is 2.25. The summed E-state index contributed by atoms with van der Waals surface area (Å²) in [6.45, 7) is 2.96. The van der Waals surface area contributed by atoms with Crippen LogP contribution in [0.4, 0.5) is 0 Å². The lowest BCUT2D eigenvalue weighted by Crippen LogP contribution is -2.27. The number of nitrogens with zero attached hydrogens (tertiary/aromatic N) is 4. The van der Waals surface area contributed by atoms with Crippen molar-refractivity contribution in [3.8, 4) is 0 Å². The molecule has 0 spiro atoms. The molecule has 1 aliphatic heterocycles. The van der Waals surface area contributed by atoms with E-state index in [1.54, 1.807) is 11.9 Å². The summed E-state index contributed by atoms with van der Waals surface area (Å²) in [5, 5.41) is 7.44. The second-order valence-corrected chi connectivity index (χ2v) is 6.31. The number of imidazole rings is 1. The first-order valence-corrected chi connectivity index (χ1v) is 8.21. The third-order valence-electron chi connectivity index (χ3n) is 4.66. The van der Waals surface area contributed by atoms with E-state index in [1.165, 1.54) is 12.0 Å². The van der Waals surface area contributed by atoms with E-state index in [4.69, 9.17) is 4.52 Å². The molecule has 0 aromatic carbocycles. The molecule has 2 aromatic rings. The van der Waals surface area contributed by atoms with Gasteiger partial charge in [0.2, 0.25) is 0 Å². The van der Waals surface area contributed by atoms with Crippen molar-refractivity contribution in [3.63, 3.8) is 0 Å². The van der Waals surface area contributed by atoms with Gasteiger partial charge in [0.05, 0.1) is 13.1 Å². The SMILES string of the molecule is CN(Cc1noc2c1CCCC2)C(=O)c1cn2c(n1)CNCC2. The molecule has 1 amide bonds. The van der Waals surface area contributed by atoms with Gasteiger partial charge in [-0.25, -0.2) is 4.98 Å². The fourth-order valence-corrected chi connectivity index (χ4v) is 3.36. The lowest BCUT2D eigenvalue weighted by Gasteiger charge is -2.16. The van der Waals surface area contributed by atoms with Crippen LogP contribution in [0.25, 0.3) is 0 Å². The number of hydrogen-bond donors (Lipinski definition) is 1. The number of rotatable bonds is 3. The zero-order valence-electron chi connectivity index (χ0n) is 13.3. The molecule has 0 saturated heterocycles. The predicted octanol–water partition coefficient (Wildman–Crippen LogP) is 1.13. The first-order valence-electron chi connectivity index (χ1n) is 8.21. The summed E-state index contributed by atoms with van der Waals surface area (Å²) in [5.41, 5.74) is 2.59. The second-order valence-electron chi connectivity index (χ2n) is 6.31. The second kappa shape index (κ2) is 5.81. The molecule has 0 saturated carbocycles. The van der Waals surface area contributed by atoms with Crippen LogP contribution in [0.15, 0.2) is 10.7 Å². The van der Waals surface area contributed by atoms with Crippen molar-refractivity contribution in [1.82, 2.24) is 24.9 Å². The van der Waals surface area contributed by atoms with Crippen LogP contribution in [0.3, 0.4) is 0 Å². The smallest absolute Gasteiger partial charge is 0.274 e. The minimum Gasteiger partial charge on any atom is -0.361 e. The standard InChI is InChI=1S/C16H21N5O2/c1-20(9-12-11-4-2-3-5-14(11)23-19-12)16(22)13-10-21-7-6-17-8-15(21)18-13/h10,17H,2-9H2,1H3. The van der Waals surface area contributed by atoms with Gasteiger partial charge in [-0.1, -0.05) is 5.16 Å². The maximum absolute atomic E-state index is 12.6. The summed E-state index contributed by atoms with van der Waals surface area (Å²) in [7, 11) is 1.79. The van der Waals surface area contributed by atoms with Crippen LogP contribution >= 0.6 is 0 Å². The van der Waals surface area contributed by atoms with Crippen LogP contribution in [0.1, 0.15) is 46.2 Å². The molecule has 4 rings (SSSR count). The van der Waals surface area contributed by atoms with Gasteiger partial charge in [0.15, 0.2) is 0 Å². The molecule has 2 aliphatic rings. The van der Waals surface area contributed by atoms with Gasteiger partial charge < -0.3 is 19.3 Å². The van der Waals surface area contributed by atoms with Crippen LogP contribution < -0.4 is 5.32 Å². The summed E-state index contributed by atoms with van der Waals surface area (Å²) in [5.74, 6) is 1.85. The molecule has 122 valence electrons. The first-order chi connectivity index (χ1) is 11.2. The van der Waals surface area contributed by atoms with Crippen molar-refractivity contribution in [2.24, 2.45) is 0 Å². The maximum Gasteiger partial charge on any atom is 0.274 e. The highest BCUT2D eigenvalue weighted by Gasteiger charge is 2.24. The summed E-state index contributed by atoms with van der Waals surface area (Å²) in [6, 6.07) is 0. The third-order valence-corrected chi connectivity index (χ3v) is 4.66. The molecule has 23 heavy (non-hydrogen) atoms. The van der Waals surface area contributed by atoms with Gasteiger partial charge in [0, 0.05) is 38.3 Å². The molecule has 2 aromatic heterocycles. The van der Waals surface area contributed by atoms with E-state index in [0.29, 0.717) is 18.8 Å². The molecular weight excluding hydrogens is 294 g/mol. The number of amides is 1. The highest BCUT2D eigenvalue weighted by atomic mass is 16.5. The van der Waals surface area contributed by atoms with Crippen LogP contribution in [0.2, 0.25) is 0 Å². The van der Waals surface area contributed by atoms with E-state index in [0.717, 1.165) is 49.6 Å². The molecule has 0 bridgehead atoms. The van der Waals surface area contributed by atoms with Gasteiger partial charge in [-0.3, -0.25) is 4.79 Å². The van der Waals surface area contributed by atoms with E-state index >= 15 is 0 Å². The molecule has 0 fully saturated rings. The van der Waals surface area contributed by atoms with Crippen molar-refractivity contribution >= 4 is 5.91 Å². The van der Waals surface area contributed by atoms with Crippen molar-refractivity contribution < 1.29 is 9.32 Å². The monoisotopic (exact) mass is 315 g/mol. The summed E-state index contributed by atoms with van der Waals surface area (Å²) in [6.07, 6.45) is 6.14. The van der Waals surface area contributed by atoms with Gasteiger partial charge in [-0.2, -0.15) is 0 Å². The molecule has 0 unspecified atom stereocenters. The Hall–Kier alpha value is -2.15. The number of aromatic nitrogens is 3. The Kier molecular flexibility index (Phi) is 3.65. The van der Waals surface area contributed by atoms with Crippen LogP contribution in [-0.2, 0) is 32.5 Å². The van der Waals surface area contributed by atoms with Gasteiger partial charge in [-0.15, -0.1) is 0 Å². The molecule has 0 radical (unpaired) electrons. The predicted molar refractivity (Wildman–Crippen MR) is 82.9 cm³/mol. The molecular formula is C16H21N5O2. The van der Waals surface area contributed by atoms with E-state index in [-0.39, 0.29) is 5.91 Å². The lowest BCUT2D eigenvalue weighted by atomic mass is 9.96.